The van der Waals surface area contributed by atoms with Crippen molar-refractivity contribution in [1.29, 1.82) is 0 Å². The van der Waals surface area contributed by atoms with Gasteiger partial charge in [0, 0.05) is 17.4 Å². The van der Waals surface area contributed by atoms with Crippen LogP contribution in [0.25, 0.3) is 0 Å². The first kappa shape index (κ1) is 16.3. The summed E-state index contributed by atoms with van der Waals surface area (Å²) in [7, 11) is 0. The van der Waals surface area contributed by atoms with E-state index in [1.165, 1.54) is 0 Å². The highest BCUT2D eigenvalue weighted by atomic mass is 79.9. The maximum Gasteiger partial charge on any atom is 0.223 e. The van der Waals surface area contributed by atoms with Crippen LogP contribution in [0.3, 0.4) is 0 Å². The van der Waals surface area contributed by atoms with Gasteiger partial charge in [-0.25, -0.2) is 0 Å². The standard InChI is InChI=1S/C16H22BrNO3/c17-13-6-8-15(9-7-13)21-11-3-5-16(20)18-10-2-1-4-14(18)12-19/h6-9,14,19H,1-5,10-12H2. The molecule has 1 saturated heterocycles. The summed E-state index contributed by atoms with van der Waals surface area (Å²) in [6.07, 6.45) is 4.23. The third-order valence-corrected chi connectivity index (χ3v) is 4.30. The second-order valence-electron chi connectivity index (χ2n) is 5.33. The van der Waals surface area contributed by atoms with E-state index in [1.54, 1.807) is 0 Å². The van der Waals surface area contributed by atoms with Gasteiger partial charge in [-0.1, -0.05) is 15.9 Å². The zero-order valence-corrected chi connectivity index (χ0v) is 13.7. The van der Waals surface area contributed by atoms with Gasteiger partial charge in [-0.15, -0.1) is 0 Å². The van der Waals surface area contributed by atoms with Gasteiger partial charge in [0.2, 0.25) is 5.91 Å². The van der Waals surface area contributed by atoms with Crippen molar-refractivity contribution in [1.82, 2.24) is 4.90 Å². The second-order valence-corrected chi connectivity index (χ2v) is 6.24. The molecule has 1 unspecified atom stereocenters. The number of aliphatic hydroxyl groups is 1. The van der Waals surface area contributed by atoms with Crippen LogP contribution in [-0.4, -0.2) is 41.7 Å². The number of carbonyl (C=O) groups is 1. The average Bonchev–Trinajstić information content (AvgIpc) is 2.53. The molecule has 1 aromatic rings. The Balaban J connectivity index is 1.70. The van der Waals surface area contributed by atoms with Crippen LogP contribution >= 0.6 is 15.9 Å². The molecule has 0 aliphatic carbocycles. The minimum Gasteiger partial charge on any atom is -0.494 e. The van der Waals surface area contributed by atoms with Crippen LogP contribution in [-0.2, 0) is 4.79 Å². The number of hydrogen-bond donors (Lipinski definition) is 1. The molecule has 1 N–H and O–H groups in total. The van der Waals surface area contributed by atoms with E-state index >= 15 is 0 Å². The number of piperidine rings is 1. The Morgan fingerprint density at radius 3 is 2.81 bits per heavy atom. The molecule has 1 fully saturated rings. The Labute approximate surface area is 134 Å². The summed E-state index contributed by atoms with van der Waals surface area (Å²) < 4.78 is 6.63. The van der Waals surface area contributed by atoms with Gasteiger partial charge >= 0.3 is 0 Å². The molecule has 0 bridgehead atoms. The Hall–Kier alpha value is -1.07. The maximum atomic E-state index is 12.2. The third kappa shape index (κ3) is 5.00. The van der Waals surface area contributed by atoms with E-state index in [0.717, 1.165) is 36.0 Å². The quantitative estimate of drug-likeness (QED) is 0.798. The predicted octanol–water partition coefficient (Wildman–Crippen LogP) is 2.98. The summed E-state index contributed by atoms with van der Waals surface area (Å²) in [5, 5.41) is 9.33. The number of likely N-dealkylation sites (tertiary alicyclic amines) is 1. The van der Waals surface area contributed by atoms with Crippen molar-refractivity contribution in [3.8, 4) is 5.75 Å². The minimum atomic E-state index is 0.0126. The van der Waals surface area contributed by atoms with Crippen LogP contribution in [0.1, 0.15) is 32.1 Å². The van der Waals surface area contributed by atoms with Crippen LogP contribution < -0.4 is 4.74 Å². The molecule has 1 atom stereocenters. The van der Waals surface area contributed by atoms with E-state index in [4.69, 9.17) is 4.74 Å². The summed E-state index contributed by atoms with van der Waals surface area (Å²) in [4.78, 5) is 14.0. The number of benzene rings is 1. The number of hydrogen-bond acceptors (Lipinski definition) is 3. The van der Waals surface area contributed by atoms with Gasteiger partial charge in [-0.3, -0.25) is 4.79 Å². The summed E-state index contributed by atoms with van der Waals surface area (Å²) >= 11 is 3.38. The lowest BCUT2D eigenvalue weighted by Gasteiger charge is -2.34. The highest BCUT2D eigenvalue weighted by molar-refractivity contribution is 9.10. The molecule has 1 aromatic carbocycles. The molecule has 5 heteroatoms. The lowest BCUT2D eigenvalue weighted by Crippen LogP contribution is -2.45. The van der Waals surface area contributed by atoms with Crippen LogP contribution in [0, 0.1) is 0 Å². The molecule has 21 heavy (non-hydrogen) atoms. The second kappa shape index (κ2) is 8.39. The number of rotatable bonds is 6. The fourth-order valence-electron chi connectivity index (χ4n) is 2.61. The fraction of sp³-hybridized carbons (Fsp3) is 0.562. The molecule has 0 spiro atoms. The smallest absolute Gasteiger partial charge is 0.223 e. The van der Waals surface area contributed by atoms with Crippen LogP contribution in [0.5, 0.6) is 5.75 Å². The van der Waals surface area contributed by atoms with E-state index < -0.39 is 0 Å². The van der Waals surface area contributed by atoms with Gasteiger partial charge in [0.1, 0.15) is 5.75 Å². The Morgan fingerprint density at radius 2 is 2.10 bits per heavy atom. The Bertz CT molecular complexity index is 449. The molecule has 4 nitrogen and oxygen atoms in total. The van der Waals surface area contributed by atoms with Crippen molar-refractivity contribution in [2.24, 2.45) is 0 Å². The first-order chi connectivity index (χ1) is 10.2. The van der Waals surface area contributed by atoms with Gasteiger partial charge in [-0.2, -0.15) is 0 Å². The maximum absolute atomic E-state index is 12.2. The SMILES string of the molecule is O=C(CCCOc1ccc(Br)cc1)N1CCCCC1CO. The van der Waals surface area contributed by atoms with Crippen LogP contribution in [0.4, 0.5) is 0 Å². The van der Waals surface area contributed by atoms with E-state index in [1.807, 2.05) is 29.2 Å². The molecule has 1 amide bonds. The van der Waals surface area contributed by atoms with Crippen molar-refractivity contribution in [3.63, 3.8) is 0 Å². The highest BCUT2D eigenvalue weighted by Crippen LogP contribution is 2.19. The molecule has 1 aliphatic rings. The number of ether oxygens (including phenoxy) is 1. The third-order valence-electron chi connectivity index (χ3n) is 3.78. The van der Waals surface area contributed by atoms with E-state index in [-0.39, 0.29) is 18.6 Å². The lowest BCUT2D eigenvalue weighted by molar-refractivity contribution is -0.136. The van der Waals surface area contributed by atoms with Gasteiger partial charge < -0.3 is 14.7 Å². The Morgan fingerprint density at radius 1 is 1.33 bits per heavy atom. The van der Waals surface area contributed by atoms with Crippen LogP contribution in [0.15, 0.2) is 28.7 Å². The lowest BCUT2D eigenvalue weighted by atomic mass is 10.0. The molecule has 1 aliphatic heterocycles. The molecular weight excluding hydrogens is 334 g/mol. The molecule has 2 rings (SSSR count). The van der Waals surface area contributed by atoms with Crippen molar-refractivity contribution < 1.29 is 14.6 Å². The number of nitrogens with zero attached hydrogens (tertiary/aromatic N) is 1. The van der Waals surface area contributed by atoms with Gasteiger partial charge in [0.25, 0.3) is 0 Å². The zero-order chi connectivity index (χ0) is 15.1. The summed E-state index contributed by atoms with van der Waals surface area (Å²) in [5.74, 6) is 0.949. The molecule has 0 radical (unpaired) electrons. The summed E-state index contributed by atoms with van der Waals surface area (Å²) in [6.45, 7) is 1.38. The topological polar surface area (TPSA) is 49.8 Å². The minimum absolute atomic E-state index is 0.0126. The Kier molecular flexibility index (Phi) is 6.51. The summed E-state index contributed by atoms with van der Waals surface area (Å²) in [5.41, 5.74) is 0. The van der Waals surface area contributed by atoms with Gasteiger partial charge in [0.05, 0.1) is 19.3 Å². The average molecular weight is 356 g/mol. The fourth-order valence-corrected chi connectivity index (χ4v) is 2.87. The largest absolute Gasteiger partial charge is 0.494 e. The molecular formula is C16H22BrNO3. The van der Waals surface area contributed by atoms with Gasteiger partial charge in [-0.05, 0) is 49.9 Å². The number of halogens is 1. The van der Waals surface area contributed by atoms with Crippen molar-refractivity contribution >= 4 is 21.8 Å². The van der Waals surface area contributed by atoms with Crippen LogP contribution in [0.2, 0.25) is 0 Å². The normalized spacial score (nSPS) is 18.6. The molecule has 0 saturated carbocycles. The molecule has 0 aromatic heterocycles. The van der Waals surface area contributed by atoms with E-state index in [9.17, 15) is 9.90 Å². The first-order valence-electron chi connectivity index (χ1n) is 7.49. The predicted molar refractivity (Wildman–Crippen MR) is 85.3 cm³/mol. The number of amides is 1. The number of carbonyl (C=O) groups excluding carboxylic acids is 1. The molecule has 116 valence electrons. The van der Waals surface area contributed by atoms with E-state index in [0.29, 0.717) is 19.4 Å². The highest BCUT2D eigenvalue weighted by Gasteiger charge is 2.25. The monoisotopic (exact) mass is 355 g/mol. The summed E-state index contributed by atoms with van der Waals surface area (Å²) in [6, 6.07) is 7.68. The van der Waals surface area contributed by atoms with Crippen molar-refractivity contribution in [2.45, 2.75) is 38.1 Å². The molecule has 1 heterocycles. The van der Waals surface area contributed by atoms with E-state index in [2.05, 4.69) is 15.9 Å². The number of aliphatic hydroxyl groups excluding tert-OH is 1. The van der Waals surface area contributed by atoms with Crippen molar-refractivity contribution in [3.05, 3.63) is 28.7 Å². The zero-order valence-electron chi connectivity index (χ0n) is 12.1. The van der Waals surface area contributed by atoms with Gasteiger partial charge in [0.15, 0.2) is 0 Å². The first-order valence-corrected chi connectivity index (χ1v) is 8.28. The van der Waals surface area contributed by atoms with Crippen molar-refractivity contribution in [2.75, 3.05) is 19.8 Å².